The molecule has 1 aliphatic heterocycles. The summed E-state index contributed by atoms with van der Waals surface area (Å²) >= 11 is 0. The number of carbonyl (C=O) groups is 1. The van der Waals surface area contributed by atoms with Gasteiger partial charge in [0, 0.05) is 44.4 Å². The fourth-order valence-electron chi connectivity index (χ4n) is 2.40. The van der Waals surface area contributed by atoms with E-state index in [1.54, 1.807) is 6.92 Å². The van der Waals surface area contributed by atoms with Crippen LogP contribution in [0.5, 0.6) is 0 Å². The van der Waals surface area contributed by atoms with E-state index in [4.69, 9.17) is 0 Å². The number of hydrogen-bond donors (Lipinski definition) is 2. The minimum atomic E-state index is 0.0287. The molecule has 110 valence electrons. The van der Waals surface area contributed by atoms with Gasteiger partial charge in [0.25, 0.3) is 0 Å². The lowest BCUT2D eigenvalue weighted by atomic mass is 10.2. The van der Waals surface area contributed by atoms with Gasteiger partial charge < -0.3 is 15.5 Å². The van der Waals surface area contributed by atoms with Crippen LogP contribution in [0.15, 0.2) is 6.07 Å². The number of anilines is 2. The summed E-state index contributed by atoms with van der Waals surface area (Å²) in [6.45, 7) is 8.24. The van der Waals surface area contributed by atoms with Crippen molar-refractivity contribution < 1.29 is 4.79 Å². The molecule has 20 heavy (non-hydrogen) atoms. The molecular weight excluding hydrogens is 254 g/mol. The van der Waals surface area contributed by atoms with Crippen LogP contribution in [-0.2, 0) is 4.79 Å². The molecule has 2 N–H and O–H groups in total. The maximum Gasteiger partial charge on any atom is 0.224 e. The molecule has 1 aromatic heterocycles. The van der Waals surface area contributed by atoms with Crippen LogP contribution in [-0.4, -0.2) is 41.6 Å². The third-order valence-electron chi connectivity index (χ3n) is 3.29. The predicted octanol–water partition coefficient (Wildman–Crippen LogP) is 1.32. The van der Waals surface area contributed by atoms with Gasteiger partial charge in [-0.1, -0.05) is 6.92 Å². The molecule has 0 radical (unpaired) electrons. The normalized spacial score (nSPS) is 18.1. The Kier molecular flexibility index (Phi) is 4.76. The first-order valence-electron chi connectivity index (χ1n) is 7.20. The molecule has 1 unspecified atom stereocenters. The maximum absolute atomic E-state index is 11.1. The van der Waals surface area contributed by atoms with Crippen LogP contribution >= 0.6 is 0 Å². The van der Waals surface area contributed by atoms with Gasteiger partial charge in [0.15, 0.2) is 0 Å². The standard InChI is InChI=1S/C14H23N5O/c1-4-6-15-14-16-10(2)8-13(18-14)19-7-5-12(9-19)17-11(3)20/h8,12H,4-7,9H2,1-3H3,(H,17,20)(H,15,16,18). The first kappa shape index (κ1) is 14.6. The van der Waals surface area contributed by atoms with Crippen molar-refractivity contribution in [1.29, 1.82) is 0 Å². The maximum atomic E-state index is 11.1. The number of aromatic nitrogens is 2. The molecule has 0 bridgehead atoms. The molecule has 0 aromatic carbocycles. The highest BCUT2D eigenvalue weighted by molar-refractivity contribution is 5.73. The van der Waals surface area contributed by atoms with Crippen LogP contribution in [0.2, 0.25) is 0 Å². The van der Waals surface area contributed by atoms with Crippen molar-refractivity contribution in [2.45, 2.75) is 39.7 Å². The zero-order valence-electron chi connectivity index (χ0n) is 12.4. The predicted molar refractivity (Wildman–Crippen MR) is 80.0 cm³/mol. The summed E-state index contributed by atoms with van der Waals surface area (Å²) in [5, 5.41) is 6.19. The van der Waals surface area contributed by atoms with E-state index in [2.05, 4.69) is 32.4 Å². The molecule has 2 heterocycles. The highest BCUT2D eigenvalue weighted by Crippen LogP contribution is 2.20. The van der Waals surface area contributed by atoms with E-state index >= 15 is 0 Å². The first-order valence-corrected chi connectivity index (χ1v) is 7.20. The Labute approximate surface area is 120 Å². The van der Waals surface area contributed by atoms with E-state index < -0.39 is 0 Å². The van der Waals surface area contributed by atoms with Crippen LogP contribution in [0, 0.1) is 6.92 Å². The highest BCUT2D eigenvalue weighted by Gasteiger charge is 2.24. The Hall–Kier alpha value is -1.85. The van der Waals surface area contributed by atoms with Gasteiger partial charge in [-0.15, -0.1) is 0 Å². The van der Waals surface area contributed by atoms with Crippen molar-refractivity contribution in [3.63, 3.8) is 0 Å². The minimum Gasteiger partial charge on any atom is -0.354 e. The summed E-state index contributed by atoms with van der Waals surface area (Å²) in [4.78, 5) is 22.3. The number of nitrogens with one attached hydrogen (secondary N) is 2. The molecule has 1 fully saturated rings. The van der Waals surface area contributed by atoms with E-state index in [9.17, 15) is 4.79 Å². The number of amides is 1. The molecule has 1 saturated heterocycles. The zero-order chi connectivity index (χ0) is 14.5. The highest BCUT2D eigenvalue weighted by atomic mass is 16.1. The number of aryl methyl sites for hydroxylation is 1. The van der Waals surface area contributed by atoms with Crippen LogP contribution in [0.1, 0.15) is 32.4 Å². The van der Waals surface area contributed by atoms with Gasteiger partial charge in [-0.05, 0) is 19.8 Å². The molecule has 2 rings (SSSR count). The summed E-state index contributed by atoms with van der Waals surface area (Å²) in [6, 6.07) is 2.21. The molecule has 1 atom stereocenters. The summed E-state index contributed by atoms with van der Waals surface area (Å²) in [5.41, 5.74) is 0.955. The van der Waals surface area contributed by atoms with Crippen LogP contribution < -0.4 is 15.5 Å². The van der Waals surface area contributed by atoms with Crippen molar-refractivity contribution in [2.24, 2.45) is 0 Å². The quantitative estimate of drug-likeness (QED) is 0.849. The monoisotopic (exact) mass is 277 g/mol. The fourth-order valence-corrected chi connectivity index (χ4v) is 2.40. The number of hydrogen-bond acceptors (Lipinski definition) is 5. The van der Waals surface area contributed by atoms with E-state index in [0.29, 0.717) is 5.95 Å². The summed E-state index contributed by atoms with van der Waals surface area (Å²) in [6.07, 6.45) is 2.00. The molecular formula is C14H23N5O. The molecule has 1 aromatic rings. The fraction of sp³-hybridized carbons (Fsp3) is 0.643. The van der Waals surface area contributed by atoms with Crippen molar-refractivity contribution >= 4 is 17.7 Å². The van der Waals surface area contributed by atoms with Crippen LogP contribution in [0.3, 0.4) is 0 Å². The molecule has 6 nitrogen and oxygen atoms in total. The smallest absolute Gasteiger partial charge is 0.224 e. The van der Waals surface area contributed by atoms with E-state index in [0.717, 1.165) is 44.0 Å². The second kappa shape index (κ2) is 6.54. The lowest BCUT2D eigenvalue weighted by molar-refractivity contribution is -0.119. The van der Waals surface area contributed by atoms with Gasteiger partial charge in [-0.3, -0.25) is 4.79 Å². The summed E-state index contributed by atoms with van der Waals surface area (Å²) in [5.74, 6) is 1.65. The van der Waals surface area contributed by atoms with Gasteiger partial charge in [-0.2, -0.15) is 4.98 Å². The second-order valence-electron chi connectivity index (χ2n) is 5.25. The lowest BCUT2D eigenvalue weighted by Gasteiger charge is -2.19. The van der Waals surface area contributed by atoms with E-state index in [-0.39, 0.29) is 11.9 Å². The average Bonchev–Trinajstić information content (AvgIpc) is 2.83. The topological polar surface area (TPSA) is 70.2 Å². The Balaban J connectivity index is 2.05. The largest absolute Gasteiger partial charge is 0.354 e. The molecule has 0 aliphatic carbocycles. The molecule has 6 heteroatoms. The SMILES string of the molecule is CCCNc1nc(C)cc(N2CCC(NC(C)=O)C2)n1. The molecule has 1 amide bonds. The molecule has 0 saturated carbocycles. The van der Waals surface area contributed by atoms with Gasteiger partial charge in [0.2, 0.25) is 11.9 Å². The van der Waals surface area contributed by atoms with Gasteiger partial charge >= 0.3 is 0 Å². The van der Waals surface area contributed by atoms with Crippen molar-refractivity contribution in [3.8, 4) is 0 Å². The molecule has 0 spiro atoms. The van der Waals surface area contributed by atoms with Crippen molar-refractivity contribution in [1.82, 2.24) is 15.3 Å². The first-order chi connectivity index (χ1) is 9.58. The third kappa shape index (κ3) is 3.82. The van der Waals surface area contributed by atoms with Gasteiger partial charge in [0.05, 0.1) is 0 Å². The summed E-state index contributed by atoms with van der Waals surface area (Å²) < 4.78 is 0. The van der Waals surface area contributed by atoms with Crippen LogP contribution in [0.4, 0.5) is 11.8 Å². The third-order valence-corrected chi connectivity index (χ3v) is 3.29. The van der Waals surface area contributed by atoms with E-state index in [1.165, 1.54) is 0 Å². The number of nitrogens with zero attached hydrogens (tertiary/aromatic N) is 3. The Morgan fingerprint density at radius 3 is 3.00 bits per heavy atom. The van der Waals surface area contributed by atoms with E-state index in [1.807, 2.05) is 13.0 Å². The average molecular weight is 277 g/mol. The Morgan fingerprint density at radius 1 is 1.50 bits per heavy atom. The van der Waals surface area contributed by atoms with Crippen molar-refractivity contribution in [3.05, 3.63) is 11.8 Å². The lowest BCUT2D eigenvalue weighted by Crippen LogP contribution is -2.35. The van der Waals surface area contributed by atoms with Gasteiger partial charge in [0.1, 0.15) is 5.82 Å². The number of rotatable bonds is 5. The molecule has 1 aliphatic rings. The summed E-state index contributed by atoms with van der Waals surface area (Å²) in [7, 11) is 0. The Bertz CT molecular complexity index is 477. The second-order valence-corrected chi connectivity index (χ2v) is 5.25. The minimum absolute atomic E-state index is 0.0287. The number of carbonyl (C=O) groups excluding carboxylic acids is 1. The van der Waals surface area contributed by atoms with Gasteiger partial charge in [-0.25, -0.2) is 4.98 Å². The Morgan fingerprint density at radius 2 is 2.30 bits per heavy atom. The zero-order valence-corrected chi connectivity index (χ0v) is 12.4. The van der Waals surface area contributed by atoms with Crippen molar-refractivity contribution in [2.75, 3.05) is 29.9 Å². The van der Waals surface area contributed by atoms with Crippen LogP contribution in [0.25, 0.3) is 0 Å².